The number of aryl methyl sites for hydroxylation is 1. The molecule has 4 N–H and O–H groups in total. The first-order valence-corrected chi connectivity index (χ1v) is 12.9. The van der Waals surface area contributed by atoms with Gasteiger partial charge in [-0.25, -0.2) is 13.6 Å². The van der Waals surface area contributed by atoms with Crippen molar-refractivity contribution in [3.8, 4) is 0 Å². The summed E-state index contributed by atoms with van der Waals surface area (Å²) >= 11 is 2.72. The molecule has 0 aliphatic heterocycles. The molecule has 3 aromatic rings. The molecule has 1 aromatic heterocycles. The zero-order valence-corrected chi connectivity index (χ0v) is 19.3. The Bertz CT molecular complexity index is 1110. The van der Waals surface area contributed by atoms with Crippen LogP contribution in [0.4, 0.5) is 10.8 Å². The fourth-order valence-corrected chi connectivity index (χ4v) is 4.75. The minimum absolute atomic E-state index is 0.0700. The van der Waals surface area contributed by atoms with Crippen LogP contribution in [0, 0.1) is 0 Å². The number of primary sulfonamides is 1. The minimum Gasteiger partial charge on any atom is -0.355 e. The van der Waals surface area contributed by atoms with Crippen molar-refractivity contribution in [1.82, 2.24) is 15.5 Å². The number of rotatable bonds is 10. The zero-order chi connectivity index (χ0) is 22.3. The monoisotopic (exact) mass is 477 g/mol. The molecule has 1 amide bonds. The van der Waals surface area contributed by atoms with Gasteiger partial charge in [0.25, 0.3) is 0 Å². The standard InChI is InChI=1S/C20H23N5O3S3/c1-2-14-3-7-16(8-4-14)23-19-24-25-20(30-19)29-13-18(26)22-12-11-15-5-9-17(10-6-15)31(21,27)28/h3-10H,2,11-13H2,1H3,(H,22,26)(H,23,24)(H2,21,27,28). The first-order chi connectivity index (χ1) is 14.8. The van der Waals surface area contributed by atoms with Crippen molar-refractivity contribution in [3.63, 3.8) is 0 Å². The van der Waals surface area contributed by atoms with Crippen LogP contribution >= 0.6 is 23.1 Å². The highest BCUT2D eigenvalue weighted by atomic mass is 32.2. The lowest BCUT2D eigenvalue weighted by Crippen LogP contribution is -2.27. The summed E-state index contributed by atoms with van der Waals surface area (Å²) in [5, 5.41) is 20.0. The van der Waals surface area contributed by atoms with Crippen molar-refractivity contribution in [2.45, 2.75) is 29.0 Å². The van der Waals surface area contributed by atoms with E-state index in [4.69, 9.17) is 5.14 Å². The first-order valence-electron chi connectivity index (χ1n) is 9.54. The third kappa shape index (κ3) is 7.31. The van der Waals surface area contributed by atoms with E-state index < -0.39 is 10.0 Å². The molecular weight excluding hydrogens is 454 g/mol. The summed E-state index contributed by atoms with van der Waals surface area (Å²) in [6.07, 6.45) is 1.58. The average Bonchev–Trinajstić information content (AvgIpc) is 3.20. The van der Waals surface area contributed by atoms with Gasteiger partial charge in [-0.1, -0.05) is 54.3 Å². The van der Waals surface area contributed by atoms with Crippen LogP contribution in [-0.2, 0) is 27.7 Å². The summed E-state index contributed by atoms with van der Waals surface area (Å²) in [6.45, 7) is 2.56. The molecule has 164 valence electrons. The number of nitrogens with one attached hydrogen (secondary N) is 2. The number of amides is 1. The molecule has 0 fully saturated rings. The largest absolute Gasteiger partial charge is 0.355 e. The number of nitrogens with zero attached hydrogens (tertiary/aromatic N) is 2. The van der Waals surface area contributed by atoms with Gasteiger partial charge in [-0.3, -0.25) is 4.79 Å². The molecular formula is C20H23N5O3S3. The molecule has 0 aliphatic rings. The molecule has 0 saturated carbocycles. The Hall–Kier alpha value is -2.47. The summed E-state index contributed by atoms with van der Waals surface area (Å²) in [7, 11) is -3.69. The number of hydrogen-bond acceptors (Lipinski definition) is 8. The van der Waals surface area contributed by atoms with Gasteiger partial charge in [-0.15, -0.1) is 10.2 Å². The number of benzene rings is 2. The van der Waals surface area contributed by atoms with Crippen LogP contribution in [0.5, 0.6) is 0 Å². The number of anilines is 2. The number of carbonyl (C=O) groups excluding carboxylic acids is 1. The normalized spacial score (nSPS) is 11.3. The second-order valence-electron chi connectivity index (χ2n) is 6.63. The van der Waals surface area contributed by atoms with Crippen molar-refractivity contribution in [2.24, 2.45) is 5.14 Å². The highest BCUT2D eigenvalue weighted by Gasteiger charge is 2.09. The Morgan fingerprint density at radius 1 is 1.06 bits per heavy atom. The van der Waals surface area contributed by atoms with Gasteiger partial charge in [0.15, 0.2) is 4.34 Å². The molecule has 0 atom stereocenters. The predicted molar refractivity (Wildman–Crippen MR) is 124 cm³/mol. The van der Waals surface area contributed by atoms with Crippen LogP contribution in [0.2, 0.25) is 0 Å². The number of nitrogens with two attached hydrogens (primary N) is 1. The van der Waals surface area contributed by atoms with Gasteiger partial charge in [0.05, 0.1) is 10.6 Å². The summed E-state index contributed by atoms with van der Waals surface area (Å²) in [6, 6.07) is 14.4. The third-order valence-corrected chi connectivity index (χ3v) is 7.24. The van der Waals surface area contributed by atoms with Gasteiger partial charge < -0.3 is 10.6 Å². The lowest BCUT2D eigenvalue weighted by atomic mass is 10.1. The van der Waals surface area contributed by atoms with Gasteiger partial charge in [-0.05, 0) is 48.2 Å². The van der Waals surface area contributed by atoms with Crippen molar-refractivity contribution in [3.05, 3.63) is 59.7 Å². The molecule has 0 aliphatic carbocycles. The van der Waals surface area contributed by atoms with E-state index in [2.05, 4.69) is 39.9 Å². The van der Waals surface area contributed by atoms with Crippen LogP contribution in [0.1, 0.15) is 18.1 Å². The number of aromatic nitrogens is 2. The van der Waals surface area contributed by atoms with E-state index in [0.717, 1.165) is 17.7 Å². The second kappa shape index (κ2) is 10.7. The lowest BCUT2D eigenvalue weighted by Gasteiger charge is -2.05. The van der Waals surface area contributed by atoms with Crippen LogP contribution in [0.3, 0.4) is 0 Å². The Balaban J connectivity index is 1.39. The highest BCUT2D eigenvalue weighted by molar-refractivity contribution is 8.01. The van der Waals surface area contributed by atoms with Crippen molar-refractivity contribution in [1.29, 1.82) is 0 Å². The van der Waals surface area contributed by atoms with E-state index in [1.54, 1.807) is 12.1 Å². The molecule has 0 saturated heterocycles. The fraction of sp³-hybridized carbons (Fsp3) is 0.250. The number of hydrogen-bond donors (Lipinski definition) is 3. The Kier molecular flexibility index (Phi) is 8.02. The van der Waals surface area contributed by atoms with E-state index >= 15 is 0 Å². The van der Waals surface area contributed by atoms with Crippen molar-refractivity contribution in [2.75, 3.05) is 17.6 Å². The zero-order valence-electron chi connectivity index (χ0n) is 16.9. The van der Waals surface area contributed by atoms with Gasteiger partial charge in [0.2, 0.25) is 21.1 Å². The highest BCUT2D eigenvalue weighted by Crippen LogP contribution is 2.27. The first kappa shape index (κ1) is 23.2. The molecule has 0 spiro atoms. The van der Waals surface area contributed by atoms with Gasteiger partial charge >= 0.3 is 0 Å². The molecule has 31 heavy (non-hydrogen) atoms. The number of thioether (sulfide) groups is 1. The topological polar surface area (TPSA) is 127 Å². The van der Waals surface area contributed by atoms with E-state index in [1.807, 2.05) is 12.1 Å². The fourth-order valence-electron chi connectivity index (χ4n) is 2.64. The average molecular weight is 478 g/mol. The lowest BCUT2D eigenvalue weighted by molar-refractivity contribution is -0.118. The maximum absolute atomic E-state index is 12.1. The summed E-state index contributed by atoms with van der Waals surface area (Å²) in [5.41, 5.74) is 3.12. The van der Waals surface area contributed by atoms with Crippen molar-refractivity contribution < 1.29 is 13.2 Å². The SMILES string of the molecule is CCc1ccc(Nc2nnc(SCC(=O)NCCc3ccc(S(N)(=O)=O)cc3)s2)cc1. The number of carbonyl (C=O) groups is 1. The smallest absolute Gasteiger partial charge is 0.238 e. The molecule has 11 heteroatoms. The Labute approximate surface area is 189 Å². The molecule has 0 radical (unpaired) electrons. The van der Waals surface area contributed by atoms with E-state index in [-0.39, 0.29) is 16.6 Å². The molecule has 2 aromatic carbocycles. The molecule has 0 unspecified atom stereocenters. The maximum Gasteiger partial charge on any atom is 0.238 e. The molecule has 3 rings (SSSR count). The Morgan fingerprint density at radius 2 is 1.74 bits per heavy atom. The van der Waals surface area contributed by atoms with E-state index in [9.17, 15) is 13.2 Å². The van der Waals surface area contributed by atoms with Gasteiger partial charge in [-0.2, -0.15) is 0 Å². The van der Waals surface area contributed by atoms with Gasteiger partial charge in [0.1, 0.15) is 0 Å². The van der Waals surface area contributed by atoms with Crippen LogP contribution in [-0.4, -0.2) is 36.8 Å². The minimum atomic E-state index is -3.69. The van der Waals surface area contributed by atoms with Crippen molar-refractivity contribution >= 4 is 49.8 Å². The molecule has 8 nitrogen and oxygen atoms in total. The Morgan fingerprint density at radius 3 is 2.39 bits per heavy atom. The predicted octanol–water partition coefficient (Wildman–Crippen LogP) is 2.94. The van der Waals surface area contributed by atoms with Gasteiger partial charge in [0, 0.05) is 12.2 Å². The second-order valence-corrected chi connectivity index (χ2v) is 10.4. The van der Waals surface area contributed by atoms with Crippen LogP contribution in [0.25, 0.3) is 0 Å². The maximum atomic E-state index is 12.1. The summed E-state index contributed by atoms with van der Waals surface area (Å²) in [5.74, 6) is 0.135. The third-order valence-electron chi connectivity index (χ3n) is 4.33. The quantitative estimate of drug-likeness (QED) is 0.383. The number of sulfonamides is 1. The van der Waals surface area contributed by atoms with Crippen LogP contribution < -0.4 is 15.8 Å². The van der Waals surface area contributed by atoms with E-state index in [1.165, 1.54) is 40.8 Å². The summed E-state index contributed by atoms with van der Waals surface area (Å²) in [4.78, 5) is 12.1. The summed E-state index contributed by atoms with van der Waals surface area (Å²) < 4.78 is 23.2. The van der Waals surface area contributed by atoms with E-state index in [0.29, 0.717) is 22.4 Å². The molecule has 1 heterocycles. The van der Waals surface area contributed by atoms with Crippen LogP contribution in [0.15, 0.2) is 57.8 Å². The molecule has 0 bridgehead atoms.